The van der Waals surface area contributed by atoms with Crippen molar-refractivity contribution in [3.63, 3.8) is 0 Å². The maximum Gasteiger partial charge on any atom is 0.0962 e. The van der Waals surface area contributed by atoms with Gasteiger partial charge in [-0.25, -0.2) is 4.98 Å². The Labute approximate surface area is 105 Å². The van der Waals surface area contributed by atoms with Crippen LogP contribution >= 0.6 is 11.3 Å². The first-order valence-corrected chi connectivity index (χ1v) is 6.60. The zero-order chi connectivity index (χ0) is 11.7. The summed E-state index contributed by atoms with van der Waals surface area (Å²) in [5, 5.41) is 9.90. The molecule has 0 bridgehead atoms. The summed E-state index contributed by atoms with van der Waals surface area (Å²) in [5.41, 5.74) is 2.28. The molecule has 1 aromatic carbocycles. The molecule has 2 nitrogen and oxygen atoms in total. The largest absolute Gasteiger partial charge is 0.249 e. The molecule has 3 rings (SSSR count). The highest BCUT2D eigenvalue weighted by atomic mass is 32.1. The summed E-state index contributed by atoms with van der Waals surface area (Å²) in [7, 11) is 0. The van der Waals surface area contributed by atoms with Crippen LogP contribution in [0.15, 0.2) is 30.5 Å². The van der Waals surface area contributed by atoms with Crippen molar-refractivity contribution in [1.82, 2.24) is 4.98 Å². The molecule has 0 atom stereocenters. The number of thiazole rings is 1. The minimum absolute atomic E-state index is 0.482. The molecule has 1 aliphatic carbocycles. The lowest BCUT2D eigenvalue weighted by Crippen LogP contribution is -1.80. The second-order valence-electron chi connectivity index (χ2n) is 4.37. The fourth-order valence-electron chi connectivity index (χ4n) is 1.82. The number of rotatable bonds is 3. The van der Waals surface area contributed by atoms with Gasteiger partial charge in [0.05, 0.1) is 22.4 Å². The maximum absolute atomic E-state index is 8.62. The Kier molecular flexibility index (Phi) is 2.66. The third-order valence-electron chi connectivity index (χ3n) is 2.97. The quantitative estimate of drug-likeness (QED) is 0.819. The summed E-state index contributed by atoms with van der Waals surface area (Å²) in [4.78, 5) is 5.71. The second-order valence-corrected chi connectivity index (χ2v) is 5.43. The van der Waals surface area contributed by atoms with Crippen LogP contribution in [0.3, 0.4) is 0 Å². The monoisotopic (exact) mass is 240 g/mol. The first kappa shape index (κ1) is 10.5. The number of aromatic nitrogens is 1. The van der Waals surface area contributed by atoms with Gasteiger partial charge in [0.15, 0.2) is 0 Å². The normalized spacial score (nSPS) is 14.5. The highest BCUT2D eigenvalue weighted by molar-refractivity contribution is 7.15. The molecular formula is C14H12N2S. The summed E-state index contributed by atoms with van der Waals surface area (Å²) in [6.07, 6.45) is 5.05. The first-order chi connectivity index (χ1) is 8.36. The second kappa shape index (κ2) is 4.31. The maximum atomic E-state index is 8.62. The fourth-order valence-corrected chi connectivity index (χ4v) is 2.91. The number of hydrogen-bond acceptors (Lipinski definition) is 3. The molecule has 84 valence electrons. The van der Waals surface area contributed by atoms with E-state index in [-0.39, 0.29) is 0 Å². The minimum Gasteiger partial charge on any atom is -0.249 e. The number of benzene rings is 1. The molecule has 0 amide bonds. The van der Waals surface area contributed by atoms with Crippen molar-refractivity contribution in [2.75, 3.05) is 0 Å². The Morgan fingerprint density at radius 2 is 2.06 bits per heavy atom. The summed E-state index contributed by atoms with van der Waals surface area (Å²) in [6.45, 7) is 0. The molecule has 0 unspecified atom stereocenters. The van der Waals surface area contributed by atoms with Crippen LogP contribution in [0, 0.1) is 11.3 Å². The molecule has 3 heteroatoms. The molecule has 1 fully saturated rings. The Morgan fingerprint density at radius 1 is 1.29 bits per heavy atom. The van der Waals surface area contributed by atoms with Crippen molar-refractivity contribution in [3.8, 4) is 16.5 Å². The molecule has 0 aliphatic heterocycles. The molecule has 0 spiro atoms. The average Bonchev–Trinajstić information content (AvgIpc) is 3.09. The van der Waals surface area contributed by atoms with E-state index in [2.05, 4.69) is 23.2 Å². The van der Waals surface area contributed by atoms with E-state index in [9.17, 15) is 0 Å². The van der Waals surface area contributed by atoms with E-state index in [0.717, 1.165) is 11.5 Å². The van der Waals surface area contributed by atoms with E-state index in [0.29, 0.717) is 6.42 Å². The van der Waals surface area contributed by atoms with Gasteiger partial charge in [-0.3, -0.25) is 0 Å². The number of nitriles is 1. The van der Waals surface area contributed by atoms with Crippen molar-refractivity contribution >= 4 is 11.3 Å². The number of nitrogens with zero attached hydrogens (tertiary/aromatic N) is 2. The van der Waals surface area contributed by atoms with Gasteiger partial charge in [0, 0.05) is 12.1 Å². The number of hydrogen-bond donors (Lipinski definition) is 0. The molecule has 17 heavy (non-hydrogen) atoms. The smallest absolute Gasteiger partial charge is 0.0962 e. The van der Waals surface area contributed by atoms with Crippen molar-refractivity contribution in [3.05, 3.63) is 41.0 Å². The highest BCUT2D eigenvalue weighted by Crippen LogP contribution is 2.43. The van der Waals surface area contributed by atoms with E-state index in [1.165, 1.54) is 28.3 Å². The van der Waals surface area contributed by atoms with Gasteiger partial charge in [-0.2, -0.15) is 5.26 Å². The van der Waals surface area contributed by atoms with Crippen LogP contribution in [-0.4, -0.2) is 4.98 Å². The Morgan fingerprint density at radius 3 is 2.71 bits per heavy atom. The lowest BCUT2D eigenvalue weighted by Gasteiger charge is -1.98. The van der Waals surface area contributed by atoms with Gasteiger partial charge in [-0.05, 0) is 24.0 Å². The Bertz CT molecular complexity index is 559. The van der Waals surface area contributed by atoms with Crippen LogP contribution in [0.1, 0.15) is 29.3 Å². The van der Waals surface area contributed by atoms with Gasteiger partial charge in [0.25, 0.3) is 0 Å². The summed E-state index contributed by atoms with van der Waals surface area (Å²) in [6, 6.07) is 10.4. The Hall–Kier alpha value is -1.66. The van der Waals surface area contributed by atoms with Gasteiger partial charge < -0.3 is 0 Å². The lowest BCUT2D eigenvalue weighted by molar-refractivity contribution is 1.08. The third kappa shape index (κ3) is 2.22. The van der Waals surface area contributed by atoms with E-state index < -0.39 is 0 Å². The Balaban J connectivity index is 1.84. The molecule has 1 aliphatic rings. The van der Waals surface area contributed by atoms with Gasteiger partial charge in [0.1, 0.15) is 0 Å². The van der Waals surface area contributed by atoms with Crippen molar-refractivity contribution in [2.24, 2.45) is 0 Å². The van der Waals surface area contributed by atoms with Crippen molar-refractivity contribution in [1.29, 1.82) is 5.26 Å². The predicted molar refractivity (Wildman–Crippen MR) is 68.8 cm³/mol. The first-order valence-electron chi connectivity index (χ1n) is 5.79. The summed E-state index contributed by atoms with van der Waals surface area (Å²) in [5.74, 6) is 0.728. The SMILES string of the molecule is N#CCc1ccc(-c2cnc(C3CC3)s2)cc1. The molecule has 2 aromatic rings. The summed E-state index contributed by atoms with van der Waals surface area (Å²) >= 11 is 1.80. The molecule has 0 N–H and O–H groups in total. The van der Waals surface area contributed by atoms with Crippen LogP contribution < -0.4 is 0 Å². The van der Waals surface area contributed by atoms with E-state index in [4.69, 9.17) is 5.26 Å². The third-order valence-corrected chi connectivity index (χ3v) is 4.18. The fraction of sp³-hybridized carbons (Fsp3) is 0.286. The van der Waals surface area contributed by atoms with Gasteiger partial charge in [0.2, 0.25) is 0 Å². The van der Waals surface area contributed by atoms with Crippen LogP contribution in [0.5, 0.6) is 0 Å². The van der Waals surface area contributed by atoms with E-state index >= 15 is 0 Å². The van der Waals surface area contributed by atoms with E-state index in [1.807, 2.05) is 18.3 Å². The predicted octanol–water partition coefficient (Wildman–Crippen LogP) is 3.75. The minimum atomic E-state index is 0.482. The molecular weight excluding hydrogens is 228 g/mol. The van der Waals surface area contributed by atoms with Crippen molar-refractivity contribution in [2.45, 2.75) is 25.2 Å². The molecule has 1 aromatic heterocycles. The van der Waals surface area contributed by atoms with Crippen LogP contribution in [0.4, 0.5) is 0 Å². The molecule has 0 radical (unpaired) electrons. The topological polar surface area (TPSA) is 36.7 Å². The lowest BCUT2D eigenvalue weighted by atomic mass is 10.1. The zero-order valence-electron chi connectivity index (χ0n) is 9.39. The molecule has 0 saturated heterocycles. The van der Waals surface area contributed by atoms with Gasteiger partial charge >= 0.3 is 0 Å². The van der Waals surface area contributed by atoms with Gasteiger partial charge in [-0.15, -0.1) is 11.3 Å². The van der Waals surface area contributed by atoms with E-state index in [1.54, 1.807) is 11.3 Å². The van der Waals surface area contributed by atoms with Crippen LogP contribution in [0.25, 0.3) is 10.4 Å². The molecule has 1 heterocycles. The molecule has 1 saturated carbocycles. The van der Waals surface area contributed by atoms with Crippen LogP contribution in [-0.2, 0) is 6.42 Å². The zero-order valence-corrected chi connectivity index (χ0v) is 10.2. The highest BCUT2D eigenvalue weighted by Gasteiger charge is 2.26. The summed E-state index contributed by atoms with van der Waals surface area (Å²) < 4.78 is 0. The standard InChI is InChI=1S/C14H12N2S/c15-8-7-10-1-3-11(4-2-10)13-9-16-14(17-13)12-5-6-12/h1-4,9,12H,5-7H2. The van der Waals surface area contributed by atoms with Crippen LogP contribution in [0.2, 0.25) is 0 Å². The average molecular weight is 240 g/mol. The van der Waals surface area contributed by atoms with Gasteiger partial charge in [-0.1, -0.05) is 24.3 Å². The van der Waals surface area contributed by atoms with Crippen molar-refractivity contribution < 1.29 is 0 Å².